The number of fused-ring (bicyclic) bond motifs is 1. The van der Waals surface area contributed by atoms with E-state index in [2.05, 4.69) is 24.0 Å². The van der Waals surface area contributed by atoms with Crippen molar-refractivity contribution in [2.45, 2.75) is 53.1 Å². The average Bonchev–Trinajstić information content (AvgIpc) is 3.13. The first-order valence-electron chi connectivity index (χ1n) is 9.20. The summed E-state index contributed by atoms with van der Waals surface area (Å²) in [7, 11) is 0. The number of nitrogens with zero attached hydrogens (tertiary/aromatic N) is 5. The Labute approximate surface area is 163 Å². The minimum atomic E-state index is -0.519. The predicted molar refractivity (Wildman–Crippen MR) is 103 cm³/mol. The molecule has 9 heteroatoms. The van der Waals surface area contributed by atoms with Crippen molar-refractivity contribution < 1.29 is 14.3 Å². The molecule has 2 aromatic rings. The van der Waals surface area contributed by atoms with E-state index in [9.17, 15) is 9.59 Å². The van der Waals surface area contributed by atoms with Gasteiger partial charge in [-0.3, -0.25) is 9.20 Å². The van der Waals surface area contributed by atoms with Crippen LogP contribution in [-0.2, 0) is 4.74 Å². The molecule has 0 saturated carbocycles. The van der Waals surface area contributed by atoms with Crippen molar-refractivity contribution in [2.75, 3.05) is 26.2 Å². The topological polar surface area (TPSA) is 80.0 Å². The van der Waals surface area contributed by atoms with E-state index < -0.39 is 5.60 Å². The molecule has 3 rings (SSSR count). The molecule has 148 valence electrons. The van der Waals surface area contributed by atoms with Gasteiger partial charge in [0.05, 0.1) is 0 Å². The van der Waals surface area contributed by atoms with Gasteiger partial charge in [-0.15, -0.1) is 10.2 Å². The van der Waals surface area contributed by atoms with Crippen LogP contribution in [-0.4, -0.2) is 68.2 Å². The molecule has 1 aliphatic heterocycles. The van der Waals surface area contributed by atoms with Crippen LogP contribution < -0.4 is 0 Å². The second kappa shape index (κ2) is 7.10. The van der Waals surface area contributed by atoms with Crippen LogP contribution in [0.2, 0.25) is 0 Å². The summed E-state index contributed by atoms with van der Waals surface area (Å²) in [4.78, 5) is 30.1. The minimum Gasteiger partial charge on any atom is -0.444 e. The number of piperazine rings is 1. The van der Waals surface area contributed by atoms with Gasteiger partial charge in [0.25, 0.3) is 5.91 Å². The van der Waals surface area contributed by atoms with E-state index in [-0.39, 0.29) is 17.9 Å². The molecule has 0 radical (unpaired) electrons. The smallest absolute Gasteiger partial charge is 0.410 e. The summed E-state index contributed by atoms with van der Waals surface area (Å²) in [6.45, 7) is 13.5. The van der Waals surface area contributed by atoms with Gasteiger partial charge in [0.15, 0.2) is 0 Å². The van der Waals surface area contributed by atoms with Crippen molar-refractivity contribution in [1.82, 2.24) is 24.4 Å². The van der Waals surface area contributed by atoms with Crippen LogP contribution in [0.25, 0.3) is 4.96 Å². The second-order valence-electron chi connectivity index (χ2n) is 8.11. The van der Waals surface area contributed by atoms with E-state index in [1.54, 1.807) is 9.80 Å². The lowest BCUT2D eigenvalue weighted by Gasteiger charge is -2.35. The summed E-state index contributed by atoms with van der Waals surface area (Å²) in [6, 6.07) is 0. The molecular formula is C18H27N5O3S. The van der Waals surface area contributed by atoms with Gasteiger partial charge in [-0.05, 0) is 27.7 Å². The number of aromatic nitrogens is 3. The normalized spacial score (nSPS) is 15.7. The molecule has 8 nitrogen and oxygen atoms in total. The highest BCUT2D eigenvalue weighted by molar-refractivity contribution is 7.19. The van der Waals surface area contributed by atoms with Crippen LogP contribution in [0.15, 0.2) is 0 Å². The lowest BCUT2D eigenvalue weighted by atomic mass is 10.2. The van der Waals surface area contributed by atoms with E-state index >= 15 is 0 Å². The van der Waals surface area contributed by atoms with E-state index in [0.29, 0.717) is 31.1 Å². The maximum atomic E-state index is 13.0. The highest BCUT2D eigenvalue weighted by Crippen LogP contribution is 2.27. The van der Waals surface area contributed by atoms with Crippen molar-refractivity contribution in [3.8, 4) is 0 Å². The van der Waals surface area contributed by atoms with Crippen LogP contribution in [0.3, 0.4) is 0 Å². The molecule has 0 N–H and O–H groups in total. The van der Waals surface area contributed by atoms with Crippen LogP contribution in [0.1, 0.15) is 61.7 Å². The molecule has 27 heavy (non-hydrogen) atoms. The molecule has 0 bridgehead atoms. The number of thiazole rings is 1. The molecule has 0 aromatic carbocycles. The third-order valence-corrected chi connectivity index (χ3v) is 5.57. The second-order valence-corrected chi connectivity index (χ2v) is 9.08. The summed E-state index contributed by atoms with van der Waals surface area (Å²) in [6.07, 6.45) is -0.326. The maximum absolute atomic E-state index is 13.0. The zero-order valence-corrected chi connectivity index (χ0v) is 17.6. The van der Waals surface area contributed by atoms with Crippen LogP contribution >= 0.6 is 11.3 Å². The van der Waals surface area contributed by atoms with Crippen molar-refractivity contribution in [3.63, 3.8) is 0 Å². The maximum Gasteiger partial charge on any atom is 0.410 e. The highest BCUT2D eigenvalue weighted by atomic mass is 32.1. The molecule has 3 heterocycles. The molecular weight excluding hydrogens is 366 g/mol. The number of rotatable bonds is 2. The Morgan fingerprint density at radius 2 is 1.67 bits per heavy atom. The third kappa shape index (κ3) is 3.92. The number of hydrogen-bond donors (Lipinski definition) is 0. The number of aryl methyl sites for hydroxylation is 1. The van der Waals surface area contributed by atoms with Crippen molar-refractivity contribution >= 4 is 28.3 Å². The largest absolute Gasteiger partial charge is 0.444 e. The van der Waals surface area contributed by atoms with Gasteiger partial charge in [-0.25, -0.2) is 4.79 Å². The average molecular weight is 394 g/mol. The van der Waals surface area contributed by atoms with E-state index in [4.69, 9.17) is 4.74 Å². The minimum absolute atomic E-state index is 0.0125. The van der Waals surface area contributed by atoms with E-state index in [1.165, 1.54) is 11.3 Å². The molecule has 1 aliphatic rings. The highest BCUT2D eigenvalue weighted by Gasteiger charge is 2.30. The standard InChI is InChI=1S/C18H27N5O3S/c1-11(2)14-19-20-16-23(14)12(3)13(27-16)15(24)21-7-9-22(10-8-21)17(25)26-18(4,5)6/h11H,7-10H2,1-6H3. The fraction of sp³-hybridized carbons (Fsp3) is 0.667. The predicted octanol–water partition coefficient (Wildman–Crippen LogP) is 2.92. The zero-order valence-electron chi connectivity index (χ0n) is 16.8. The van der Waals surface area contributed by atoms with Crippen LogP contribution in [0.4, 0.5) is 4.79 Å². The Morgan fingerprint density at radius 3 is 2.22 bits per heavy atom. The van der Waals surface area contributed by atoms with Crippen LogP contribution in [0.5, 0.6) is 0 Å². The van der Waals surface area contributed by atoms with E-state index in [1.807, 2.05) is 32.1 Å². The molecule has 0 aliphatic carbocycles. The lowest BCUT2D eigenvalue weighted by Crippen LogP contribution is -2.51. The fourth-order valence-electron chi connectivity index (χ4n) is 3.06. The lowest BCUT2D eigenvalue weighted by molar-refractivity contribution is 0.0141. The van der Waals surface area contributed by atoms with Gasteiger partial charge in [0.1, 0.15) is 16.3 Å². The van der Waals surface area contributed by atoms with Gasteiger partial charge < -0.3 is 14.5 Å². The monoisotopic (exact) mass is 393 g/mol. The van der Waals surface area contributed by atoms with Gasteiger partial charge >= 0.3 is 6.09 Å². The molecule has 1 saturated heterocycles. The number of carbonyl (C=O) groups excluding carboxylic acids is 2. The zero-order chi connectivity index (χ0) is 19.9. The molecule has 2 aromatic heterocycles. The Morgan fingerprint density at radius 1 is 1.07 bits per heavy atom. The first kappa shape index (κ1) is 19.6. The summed E-state index contributed by atoms with van der Waals surface area (Å²) in [5, 5.41) is 8.44. The Bertz CT molecular complexity index is 856. The number of hydrogen-bond acceptors (Lipinski definition) is 6. The summed E-state index contributed by atoms with van der Waals surface area (Å²) in [5.41, 5.74) is 0.359. The van der Waals surface area contributed by atoms with Gasteiger partial charge in [0, 0.05) is 37.8 Å². The Hall–Kier alpha value is -2.16. The molecule has 1 fully saturated rings. The van der Waals surface area contributed by atoms with Crippen LogP contribution in [0, 0.1) is 6.92 Å². The summed E-state index contributed by atoms with van der Waals surface area (Å²) < 4.78 is 7.38. The molecule has 0 atom stereocenters. The van der Waals surface area contributed by atoms with Crippen molar-refractivity contribution in [2.24, 2.45) is 0 Å². The third-order valence-electron chi connectivity index (χ3n) is 4.44. The number of amides is 2. The van der Waals surface area contributed by atoms with Gasteiger partial charge in [-0.2, -0.15) is 0 Å². The Balaban J connectivity index is 1.70. The van der Waals surface area contributed by atoms with Crippen molar-refractivity contribution in [3.05, 3.63) is 16.4 Å². The Kier molecular flexibility index (Phi) is 5.16. The molecule has 0 spiro atoms. The fourth-order valence-corrected chi connectivity index (χ4v) is 4.11. The quantitative estimate of drug-likeness (QED) is 0.784. The SMILES string of the molecule is Cc1c(C(=O)N2CCN(C(=O)OC(C)(C)C)CC2)sc2nnc(C(C)C)n12. The van der Waals surface area contributed by atoms with Gasteiger partial charge in [0.2, 0.25) is 4.96 Å². The first-order valence-corrected chi connectivity index (χ1v) is 10.0. The number of ether oxygens (including phenoxy) is 1. The molecule has 2 amide bonds. The summed E-state index contributed by atoms with van der Waals surface area (Å²) >= 11 is 1.37. The summed E-state index contributed by atoms with van der Waals surface area (Å²) in [5.74, 6) is 1.09. The van der Waals surface area contributed by atoms with Crippen molar-refractivity contribution in [1.29, 1.82) is 0 Å². The number of carbonyl (C=O) groups is 2. The van der Waals surface area contributed by atoms with E-state index in [0.717, 1.165) is 16.5 Å². The molecule has 0 unspecified atom stereocenters. The first-order chi connectivity index (χ1) is 12.6. The van der Waals surface area contributed by atoms with Gasteiger partial charge in [-0.1, -0.05) is 25.2 Å².